The van der Waals surface area contributed by atoms with Crippen molar-refractivity contribution in [2.75, 3.05) is 11.4 Å². The van der Waals surface area contributed by atoms with Gasteiger partial charge in [-0.3, -0.25) is 4.99 Å². The van der Waals surface area contributed by atoms with Gasteiger partial charge in [-0.05, 0) is 51.3 Å². The number of aliphatic imine (C=N–C) groups is 1. The largest absolute Gasteiger partial charge is 0.375 e. The van der Waals surface area contributed by atoms with Gasteiger partial charge in [0.2, 0.25) is 0 Å². The van der Waals surface area contributed by atoms with E-state index in [1.165, 1.54) is 5.56 Å². The van der Waals surface area contributed by atoms with Crippen molar-refractivity contribution in [3.05, 3.63) is 29.8 Å². The van der Waals surface area contributed by atoms with Crippen LogP contribution in [0.4, 0.5) is 5.69 Å². The molecule has 0 aromatic heterocycles. The normalized spacial score (nSPS) is 33.5. The minimum atomic E-state index is -0.0189. The van der Waals surface area contributed by atoms with E-state index >= 15 is 0 Å². The molecule has 1 saturated heterocycles. The second kappa shape index (κ2) is 4.77. The molecule has 0 radical (unpaired) electrons. The molecular formula is C16H23N3O. The van der Waals surface area contributed by atoms with Gasteiger partial charge in [-0.2, -0.15) is 0 Å². The van der Waals surface area contributed by atoms with Gasteiger partial charge in [0.05, 0.1) is 24.3 Å². The summed E-state index contributed by atoms with van der Waals surface area (Å²) in [4.78, 5) is 6.77. The number of guanidine groups is 1. The minimum Gasteiger partial charge on any atom is -0.375 e. The molecule has 108 valence electrons. The molecule has 4 heteroatoms. The Bertz CT molecular complexity index is 530. The summed E-state index contributed by atoms with van der Waals surface area (Å²) in [5, 5.41) is 0. The van der Waals surface area contributed by atoms with E-state index in [-0.39, 0.29) is 17.7 Å². The molecule has 4 nitrogen and oxygen atoms in total. The molecule has 2 unspecified atom stereocenters. The first-order chi connectivity index (χ1) is 9.50. The summed E-state index contributed by atoms with van der Waals surface area (Å²) in [7, 11) is 0. The Labute approximate surface area is 120 Å². The van der Waals surface area contributed by atoms with E-state index < -0.39 is 0 Å². The predicted molar refractivity (Wildman–Crippen MR) is 82.1 cm³/mol. The van der Waals surface area contributed by atoms with E-state index in [1.807, 2.05) is 0 Å². The third kappa shape index (κ3) is 2.18. The van der Waals surface area contributed by atoms with Crippen LogP contribution in [0.15, 0.2) is 29.3 Å². The van der Waals surface area contributed by atoms with Gasteiger partial charge >= 0.3 is 0 Å². The number of anilines is 1. The fourth-order valence-corrected chi connectivity index (χ4v) is 3.74. The number of aryl methyl sites for hydroxylation is 1. The summed E-state index contributed by atoms with van der Waals surface area (Å²) >= 11 is 0. The average Bonchev–Trinajstić information content (AvgIpc) is 2.64. The summed E-state index contributed by atoms with van der Waals surface area (Å²) in [5.41, 5.74) is 8.56. The van der Waals surface area contributed by atoms with Crippen molar-refractivity contribution in [3.8, 4) is 0 Å². The maximum atomic E-state index is 6.19. The number of ether oxygens (including phenoxy) is 1. The minimum absolute atomic E-state index is 0.0189. The zero-order valence-electron chi connectivity index (χ0n) is 12.5. The van der Waals surface area contributed by atoms with Crippen LogP contribution in [0.3, 0.4) is 0 Å². The fraction of sp³-hybridized carbons (Fsp3) is 0.562. The highest BCUT2D eigenvalue weighted by Gasteiger charge is 2.47. The summed E-state index contributed by atoms with van der Waals surface area (Å²) in [6.45, 7) is 7.15. The molecule has 1 aromatic carbocycles. The predicted octanol–water partition coefficient (Wildman–Crippen LogP) is 2.46. The van der Waals surface area contributed by atoms with Gasteiger partial charge < -0.3 is 15.4 Å². The zero-order chi connectivity index (χ0) is 14.3. The first kappa shape index (κ1) is 13.4. The first-order valence-corrected chi connectivity index (χ1v) is 7.32. The van der Waals surface area contributed by atoms with Gasteiger partial charge in [0.25, 0.3) is 0 Å². The second-order valence-electron chi connectivity index (χ2n) is 6.24. The van der Waals surface area contributed by atoms with Crippen LogP contribution in [0.2, 0.25) is 0 Å². The molecule has 20 heavy (non-hydrogen) atoms. The van der Waals surface area contributed by atoms with Gasteiger partial charge in [-0.25, -0.2) is 0 Å². The van der Waals surface area contributed by atoms with Gasteiger partial charge in [0.1, 0.15) is 0 Å². The van der Waals surface area contributed by atoms with E-state index in [1.54, 1.807) is 0 Å². The molecule has 2 aliphatic heterocycles. The summed E-state index contributed by atoms with van der Waals surface area (Å²) < 4.78 is 5.90. The molecule has 0 saturated carbocycles. The molecule has 3 rings (SSSR count). The fourth-order valence-electron chi connectivity index (χ4n) is 3.74. The van der Waals surface area contributed by atoms with Gasteiger partial charge in [0, 0.05) is 5.69 Å². The second-order valence-corrected chi connectivity index (χ2v) is 6.24. The van der Waals surface area contributed by atoms with E-state index in [0.29, 0.717) is 5.96 Å². The van der Waals surface area contributed by atoms with Crippen LogP contribution in [-0.4, -0.2) is 30.3 Å². The lowest BCUT2D eigenvalue weighted by atomic mass is 9.83. The van der Waals surface area contributed by atoms with Crippen LogP contribution in [0, 0.1) is 6.92 Å². The van der Waals surface area contributed by atoms with E-state index in [0.717, 1.165) is 25.1 Å². The third-order valence-electron chi connectivity index (χ3n) is 4.30. The molecule has 0 bridgehead atoms. The Balaban J connectivity index is 1.99. The number of rotatable bonds is 1. The molecule has 2 aliphatic rings. The summed E-state index contributed by atoms with van der Waals surface area (Å²) in [6.07, 6.45) is 2.42. The van der Waals surface area contributed by atoms with Gasteiger partial charge in [-0.1, -0.05) is 12.1 Å². The molecule has 2 heterocycles. The quantitative estimate of drug-likeness (QED) is 0.855. The molecule has 2 atom stereocenters. The topological polar surface area (TPSA) is 50.8 Å². The maximum Gasteiger partial charge on any atom is 0.196 e. The Hall–Kier alpha value is -1.55. The van der Waals surface area contributed by atoms with E-state index in [2.05, 4.69) is 54.9 Å². The molecule has 1 aromatic rings. The summed E-state index contributed by atoms with van der Waals surface area (Å²) in [5.74, 6) is 0.636. The van der Waals surface area contributed by atoms with Crippen LogP contribution in [0.5, 0.6) is 0 Å². The molecule has 1 fully saturated rings. The van der Waals surface area contributed by atoms with Crippen molar-refractivity contribution in [3.63, 3.8) is 0 Å². The van der Waals surface area contributed by atoms with E-state index in [9.17, 15) is 0 Å². The highest BCUT2D eigenvalue weighted by Crippen LogP contribution is 2.40. The molecule has 0 aliphatic carbocycles. The lowest BCUT2D eigenvalue weighted by molar-refractivity contribution is -0.0559. The molecule has 2 N–H and O–H groups in total. The monoisotopic (exact) mass is 273 g/mol. The van der Waals surface area contributed by atoms with Crippen molar-refractivity contribution in [1.29, 1.82) is 0 Å². The van der Waals surface area contributed by atoms with Crippen molar-refractivity contribution >= 4 is 11.6 Å². The van der Waals surface area contributed by atoms with Gasteiger partial charge in [-0.15, -0.1) is 0 Å². The van der Waals surface area contributed by atoms with E-state index in [4.69, 9.17) is 10.5 Å². The van der Waals surface area contributed by atoms with Crippen LogP contribution in [-0.2, 0) is 4.74 Å². The van der Waals surface area contributed by atoms with Crippen LogP contribution < -0.4 is 10.6 Å². The van der Waals surface area contributed by atoms with Gasteiger partial charge in [0.15, 0.2) is 5.96 Å². The number of nitrogens with zero attached hydrogens (tertiary/aromatic N) is 2. The Morgan fingerprint density at radius 3 is 2.65 bits per heavy atom. The van der Waals surface area contributed by atoms with Crippen LogP contribution in [0.1, 0.15) is 32.3 Å². The Morgan fingerprint density at radius 2 is 2.00 bits per heavy atom. The lowest BCUT2D eigenvalue weighted by Gasteiger charge is -2.46. The highest BCUT2D eigenvalue weighted by atomic mass is 16.5. The van der Waals surface area contributed by atoms with Crippen molar-refractivity contribution in [1.82, 2.24) is 0 Å². The maximum absolute atomic E-state index is 6.19. The highest BCUT2D eigenvalue weighted by molar-refractivity contribution is 5.98. The number of hydrogen-bond donors (Lipinski definition) is 1. The SMILES string of the molecule is Cc1cccc(N2C(N)=NCC23CC(C)OC(C)C3)c1. The van der Waals surface area contributed by atoms with Crippen LogP contribution in [0.25, 0.3) is 0 Å². The van der Waals surface area contributed by atoms with Crippen molar-refractivity contribution < 1.29 is 4.74 Å². The smallest absolute Gasteiger partial charge is 0.196 e. The Morgan fingerprint density at radius 1 is 1.30 bits per heavy atom. The molecular weight excluding hydrogens is 250 g/mol. The Kier molecular flexibility index (Phi) is 3.21. The lowest BCUT2D eigenvalue weighted by Crippen LogP contribution is -2.57. The number of hydrogen-bond acceptors (Lipinski definition) is 4. The molecule has 0 amide bonds. The molecule has 1 spiro atoms. The standard InChI is InChI=1S/C16H23N3O/c1-11-5-4-6-14(7-11)19-15(17)18-10-16(19)8-12(2)20-13(3)9-16/h4-7,12-13H,8-10H2,1-3H3,(H2,17,18). The third-order valence-corrected chi connectivity index (χ3v) is 4.30. The van der Waals surface area contributed by atoms with Crippen molar-refractivity contribution in [2.24, 2.45) is 10.7 Å². The summed E-state index contributed by atoms with van der Waals surface area (Å²) in [6, 6.07) is 8.48. The average molecular weight is 273 g/mol. The first-order valence-electron chi connectivity index (χ1n) is 7.32. The number of benzene rings is 1. The number of nitrogens with two attached hydrogens (primary N) is 1. The zero-order valence-corrected chi connectivity index (χ0v) is 12.5. The van der Waals surface area contributed by atoms with Crippen LogP contribution >= 0.6 is 0 Å². The van der Waals surface area contributed by atoms with Crippen molar-refractivity contribution in [2.45, 2.75) is 51.4 Å².